The molecule has 0 saturated heterocycles. The summed E-state index contributed by atoms with van der Waals surface area (Å²) in [6.07, 6.45) is 0.874. The molecule has 0 aliphatic rings. The summed E-state index contributed by atoms with van der Waals surface area (Å²) in [6.45, 7) is 26.5. The minimum atomic E-state index is -1.14. The van der Waals surface area contributed by atoms with Crippen LogP contribution in [0.3, 0.4) is 0 Å². The molecule has 0 aromatic carbocycles. The predicted octanol–water partition coefficient (Wildman–Crippen LogP) is 4.87. The van der Waals surface area contributed by atoms with Gasteiger partial charge in [-0.15, -0.1) is 0 Å². The molecule has 0 fully saturated rings. The second kappa shape index (κ2) is 12.4. The second-order valence-corrected chi connectivity index (χ2v) is 12.4. The van der Waals surface area contributed by atoms with Crippen molar-refractivity contribution in [2.24, 2.45) is 23.7 Å². The first-order valence-corrected chi connectivity index (χ1v) is 12.7. The molecule has 0 saturated carbocycles. The van der Waals surface area contributed by atoms with Crippen LogP contribution in [0.5, 0.6) is 0 Å². The van der Waals surface area contributed by atoms with Gasteiger partial charge in [0.15, 0.2) is 0 Å². The number of carbonyl (C=O) groups excluding carboxylic acids is 3. The van der Waals surface area contributed by atoms with E-state index in [0.717, 1.165) is 6.42 Å². The lowest BCUT2D eigenvalue weighted by molar-refractivity contribution is -0.203. The second-order valence-electron chi connectivity index (χ2n) is 12.4. The molecule has 1 amide bonds. The van der Waals surface area contributed by atoms with Crippen molar-refractivity contribution in [2.45, 2.75) is 132 Å². The highest BCUT2D eigenvalue weighted by molar-refractivity contribution is 5.86. The highest BCUT2D eigenvalue weighted by atomic mass is 16.6. The SMILES string of the molecule is CCC(C)C(C)C(=O)NC(C(=O)OC(C)(C)C(C)(C)OC(=O)C(NC(C)(C)C)C(C)C)C(C)C. The highest BCUT2D eigenvalue weighted by Crippen LogP contribution is 2.31. The molecule has 0 spiro atoms. The zero-order valence-corrected chi connectivity index (χ0v) is 24.2. The van der Waals surface area contributed by atoms with Crippen LogP contribution in [0.1, 0.15) is 103 Å². The molecule has 7 heteroatoms. The maximum atomic E-state index is 13.2. The van der Waals surface area contributed by atoms with E-state index in [2.05, 4.69) is 10.6 Å². The van der Waals surface area contributed by atoms with E-state index in [4.69, 9.17) is 9.47 Å². The minimum absolute atomic E-state index is 0.0150. The van der Waals surface area contributed by atoms with Gasteiger partial charge in [-0.1, -0.05) is 54.9 Å². The van der Waals surface area contributed by atoms with Crippen LogP contribution < -0.4 is 10.6 Å². The Kier molecular flexibility index (Phi) is 11.8. The molecular formula is C27H52N2O5. The van der Waals surface area contributed by atoms with Crippen LogP contribution in [-0.4, -0.2) is 46.7 Å². The lowest BCUT2D eigenvalue weighted by Crippen LogP contribution is -2.58. The van der Waals surface area contributed by atoms with Crippen LogP contribution in [0, 0.1) is 23.7 Å². The number of rotatable bonds is 12. The van der Waals surface area contributed by atoms with E-state index in [1.807, 2.05) is 69.2 Å². The molecule has 0 radical (unpaired) electrons. The Morgan fingerprint density at radius 1 is 0.706 bits per heavy atom. The standard InChI is InChI=1S/C27H52N2O5/c1-15-18(6)19(7)22(30)28-20(16(2)3)23(31)33-26(11,12)27(13,14)34-24(32)21(17(4)5)29-25(8,9)10/h16-21,29H,15H2,1-14H3,(H,28,30). The molecule has 0 aromatic heterocycles. The van der Waals surface area contributed by atoms with Gasteiger partial charge in [-0.05, 0) is 66.2 Å². The first-order chi connectivity index (χ1) is 15.2. The summed E-state index contributed by atoms with van der Waals surface area (Å²) in [6, 6.07) is -1.30. The Bertz CT molecular complexity index is 692. The third-order valence-corrected chi connectivity index (χ3v) is 6.80. The summed E-state index contributed by atoms with van der Waals surface area (Å²) in [5, 5.41) is 6.19. The van der Waals surface area contributed by atoms with Gasteiger partial charge in [0.1, 0.15) is 23.3 Å². The average Bonchev–Trinajstić information content (AvgIpc) is 2.66. The number of carbonyl (C=O) groups is 3. The van der Waals surface area contributed by atoms with Crippen molar-refractivity contribution in [3.63, 3.8) is 0 Å². The normalized spacial score (nSPS) is 16.6. The van der Waals surface area contributed by atoms with Gasteiger partial charge in [0.25, 0.3) is 0 Å². The van der Waals surface area contributed by atoms with Gasteiger partial charge in [-0.2, -0.15) is 0 Å². The van der Waals surface area contributed by atoms with Crippen LogP contribution in [0.2, 0.25) is 0 Å². The van der Waals surface area contributed by atoms with Crippen molar-refractivity contribution >= 4 is 17.8 Å². The van der Waals surface area contributed by atoms with Crippen LogP contribution in [-0.2, 0) is 23.9 Å². The molecule has 7 nitrogen and oxygen atoms in total. The molecule has 34 heavy (non-hydrogen) atoms. The topological polar surface area (TPSA) is 93.7 Å². The third-order valence-electron chi connectivity index (χ3n) is 6.80. The van der Waals surface area contributed by atoms with Crippen molar-refractivity contribution in [3.8, 4) is 0 Å². The number of ether oxygens (including phenoxy) is 2. The fourth-order valence-corrected chi connectivity index (χ4v) is 3.23. The summed E-state index contributed by atoms with van der Waals surface area (Å²) in [5.74, 6) is -1.26. The predicted molar refractivity (Wildman–Crippen MR) is 137 cm³/mol. The molecule has 4 atom stereocenters. The van der Waals surface area contributed by atoms with E-state index in [-0.39, 0.29) is 35.1 Å². The van der Waals surface area contributed by atoms with Crippen LogP contribution in [0.4, 0.5) is 0 Å². The first kappa shape index (κ1) is 32.4. The number of amides is 1. The average molecular weight is 485 g/mol. The minimum Gasteiger partial charge on any atom is -0.454 e. The van der Waals surface area contributed by atoms with Gasteiger partial charge >= 0.3 is 11.9 Å². The molecule has 0 bridgehead atoms. The molecule has 200 valence electrons. The van der Waals surface area contributed by atoms with Gasteiger partial charge in [0, 0.05) is 11.5 Å². The summed E-state index contributed by atoms with van der Waals surface area (Å²) in [7, 11) is 0. The Balaban J connectivity index is 5.56. The van der Waals surface area contributed by atoms with E-state index < -0.39 is 35.2 Å². The first-order valence-electron chi connectivity index (χ1n) is 12.7. The molecule has 0 aliphatic heterocycles. The number of esters is 2. The number of nitrogens with one attached hydrogen (secondary N) is 2. The van der Waals surface area contributed by atoms with Crippen LogP contribution in [0.15, 0.2) is 0 Å². The smallest absolute Gasteiger partial charge is 0.329 e. The van der Waals surface area contributed by atoms with Crippen molar-refractivity contribution in [2.75, 3.05) is 0 Å². The summed E-state index contributed by atoms with van der Waals surface area (Å²) in [5.41, 5.74) is -2.51. The molecule has 0 rings (SSSR count). The Hall–Kier alpha value is -1.63. The molecule has 0 aromatic rings. The fraction of sp³-hybridized carbons (Fsp3) is 0.889. The fourth-order valence-electron chi connectivity index (χ4n) is 3.23. The van der Waals surface area contributed by atoms with Crippen LogP contribution in [0.25, 0.3) is 0 Å². The van der Waals surface area contributed by atoms with Crippen molar-refractivity contribution in [1.29, 1.82) is 0 Å². The van der Waals surface area contributed by atoms with Gasteiger partial charge in [0.05, 0.1) is 0 Å². The molecule has 4 unspecified atom stereocenters. The van der Waals surface area contributed by atoms with E-state index in [9.17, 15) is 14.4 Å². The van der Waals surface area contributed by atoms with Gasteiger partial charge in [-0.3, -0.25) is 14.9 Å². The van der Waals surface area contributed by atoms with E-state index in [1.54, 1.807) is 27.7 Å². The monoisotopic (exact) mass is 484 g/mol. The molecular weight excluding hydrogens is 432 g/mol. The molecule has 2 N–H and O–H groups in total. The zero-order chi connectivity index (χ0) is 27.2. The summed E-state index contributed by atoms with van der Waals surface area (Å²) >= 11 is 0. The molecule has 0 heterocycles. The van der Waals surface area contributed by atoms with Crippen molar-refractivity contribution in [1.82, 2.24) is 10.6 Å². The summed E-state index contributed by atoms with van der Waals surface area (Å²) in [4.78, 5) is 39.0. The largest absolute Gasteiger partial charge is 0.454 e. The quantitative estimate of drug-likeness (QED) is 0.384. The van der Waals surface area contributed by atoms with E-state index in [1.165, 1.54) is 0 Å². The van der Waals surface area contributed by atoms with Gasteiger partial charge in [0.2, 0.25) is 5.91 Å². The van der Waals surface area contributed by atoms with Gasteiger partial charge in [-0.25, -0.2) is 4.79 Å². The Morgan fingerprint density at radius 3 is 1.41 bits per heavy atom. The number of hydrogen-bond acceptors (Lipinski definition) is 6. The van der Waals surface area contributed by atoms with Crippen molar-refractivity contribution < 1.29 is 23.9 Å². The third kappa shape index (κ3) is 9.55. The Labute approximate surface area is 208 Å². The van der Waals surface area contributed by atoms with Crippen molar-refractivity contribution in [3.05, 3.63) is 0 Å². The number of hydrogen-bond donors (Lipinski definition) is 2. The zero-order valence-electron chi connectivity index (χ0n) is 24.2. The Morgan fingerprint density at radius 2 is 1.09 bits per heavy atom. The highest BCUT2D eigenvalue weighted by Gasteiger charge is 2.46. The van der Waals surface area contributed by atoms with E-state index >= 15 is 0 Å². The van der Waals surface area contributed by atoms with Crippen LogP contribution >= 0.6 is 0 Å². The summed E-state index contributed by atoms with van der Waals surface area (Å²) < 4.78 is 11.8. The van der Waals surface area contributed by atoms with E-state index in [0.29, 0.717) is 0 Å². The van der Waals surface area contributed by atoms with Gasteiger partial charge < -0.3 is 14.8 Å². The lowest BCUT2D eigenvalue weighted by Gasteiger charge is -2.42. The lowest BCUT2D eigenvalue weighted by atomic mass is 9.88. The maximum absolute atomic E-state index is 13.2. The maximum Gasteiger partial charge on any atom is 0.329 e. The molecule has 0 aliphatic carbocycles.